The highest BCUT2D eigenvalue weighted by Crippen LogP contribution is 2.11. The van der Waals surface area contributed by atoms with Gasteiger partial charge in [-0.3, -0.25) is 4.79 Å². The van der Waals surface area contributed by atoms with Gasteiger partial charge in [-0.2, -0.15) is 13.1 Å². The molecule has 0 heterocycles. The van der Waals surface area contributed by atoms with Gasteiger partial charge in [-0.15, -0.1) is 0 Å². The molecule has 118 valence electrons. The fraction of sp³-hybridized carbons (Fsp3) is 0.462. The molecule has 8 heteroatoms. The first-order valence-corrected chi connectivity index (χ1v) is 7.95. The molecule has 0 aliphatic carbocycles. The van der Waals surface area contributed by atoms with E-state index >= 15 is 0 Å². The van der Waals surface area contributed by atoms with E-state index in [1.165, 1.54) is 12.1 Å². The summed E-state index contributed by atoms with van der Waals surface area (Å²) in [7, 11) is -3.88. The van der Waals surface area contributed by atoms with Crippen LogP contribution in [0.25, 0.3) is 0 Å². The quantitative estimate of drug-likeness (QED) is 0.556. The molecule has 0 amide bonds. The molecule has 1 rings (SSSR count). The fourth-order valence-corrected chi connectivity index (χ4v) is 2.75. The molecule has 0 spiro atoms. The zero-order chi connectivity index (χ0) is 16.0. The molecule has 1 atom stereocenters. The van der Waals surface area contributed by atoms with E-state index in [0.717, 1.165) is 0 Å². The number of carboxylic acid groups (broad SMARTS) is 1. The van der Waals surface area contributed by atoms with Crippen LogP contribution in [0.4, 0.5) is 0 Å². The maximum Gasteiger partial charge on any atom is 0.322 e. The molecule has 0 bridgehead atoms. The predicted molar refractivity (Wildman–Crippen MR) is 78.1 cm³/mol. The Kier molecular flexibility index (Phi) is 6.13. The number of rotatable bonds is 8. The average Bonchev–Trinajstić information content (AvgIpc) is 2.38. The molecule has 0 fully saturated rings. The second kappa shape index (κ2) is 7.39. The molecule has 0 saturated carbocycles. The molecule has 0 aliphatic rings. The Bertz CT molecular complexity index is 569. The van der Waals surface area contributed by atoms with Crippen LogP contribution in [0, 0.1) is 5.92 Å². The Hall–Kier alpha value is -1.64. The zero-order valence-corrected chi connectivity index (χ0v) is 12.7. The SMILES string of the molecule is CC(C)CNS(=O)(=O)N[C@@H](Cc1ccc(O)cc1)C(=O)O. The van der Waals surface area contributed by atoms with E-state index in [1.54, 1.807) is 12.1 Å². The zero-order valence-electron chi connectivity index (χ0n) is 11.9. The van der Waals surface area contributed by atoms with E-state index in [2.05, 4.69) is 9.44 Å². The van der Waals surface area contributed by atoms with E-state index in [9.17, 15) is 18.3 Å². The van der Waals surface area contributed by atoms with Crippen molar-refractivity contribution in [3.05, 3.63) is 29.8 Å². The predicted octanol–water partition coefficient (Wildman–Crippen LogP) is 0.468. The number of phenolic OH excluding ortho intramolecular Hbond substituents is 1. The number of hydrogen-bond donors (Lipinski definition) is 4. The largest absolute Gasteiger partial charge is 0.508 e. The van der Waals surface area contributed by atoms with Crippen molar-refractivity contribution in [1.82, 2.24) is 9.44 Å². The number of phenols is 1. The fourth-order valence-electron chi connectivity index (χ4n) is 1.55. The average molecular weight is 316 g/mol. The van der Waals surface area contributed by atoms with Crippen molar-refractivity contribution >= 4 is 16.2 Å². The normalized spacial score (nSPS) is 13.3. The molecule has 0 unspecified atom stereocenters. The van der Waals surface area contributed by atoms with Gasteiger partial charge in [0.2, 0.25) is 0 Å². The Morgan fingerprint density at radius 1 is 1.24 bits per heavy atom. The van der Waals surface area contributed by atoms with Gasteiger partial charge in [-0.05, 0) is 30.0 Å². The van der Waals surface area contributed by atoms with Gasteiger partial charge < -0.3 is 10.2 Å². The summed E-state index contributed by atoms with van der Waals surface area (Å²) in [5.41, 5.74) is 0.603. The van der Waals surface area contributed by atoms with Gasteiger partial charge in [-0.1, -0.05) is 26.0 Å². The number of aromatic hydroxyl groups is 1. The monoisotopic (exact) mass is 316 g/mol. The van der Waals surface area contributed by atoms with Crippen molar-refractivity contribution in [3.8, 4) is 5.75 Å². The molecule has 0 radical (unpaired) electrons. The van der Waals surface area contributed by atoms with Crippen LogP contribution in [-0.4, -0.2) is 37.2 Å². The summed E-state index contributed by atoms with van der Waals surface area (Å²) in [4.78, 5) is 11.2. The van der Waals surface area contributed by atoms with Gasteiger partial charge in [0.05, 0.1) is 0 Å². The maximum absolute atomic E-state index is 11.8. The number of hydrogen-bond acceptors (Lipinski definition) is 4. The molecular formula is C13H20N2O5S. The lowest BCUT2D eigenvalue weighted by Gasteiger charge is -2.16. The number of nitrogens with one attached hydrogen (secondary N) is 2. The second-order valence-electron chi connectivity index (χ2n) is 5.12. The third-order valence-corrected chi connectivity index (χ3v) is 3.79. The standard InChI is InChI=1S/C13H20N2O5S/c1-9(2)8-14-21(19,20)15-12(13(17)18)7-10-3-5-11(16)6-4-10/h3-6,9,12,14-16H,7-8H2,1-2H3,(H,17,18)/t12-/m0/s1. The minimum Gasteiger partial charge on any atom is -0.508 e. The third-order valence-electron chi connectivity index (χ3n) is 2.65. The van der Waals surface area contributed by atoms with E-state index in [0.29, 0.717) is 5.56 Å². The van der Waals surface area contributed by atoms with Gasteiger partial charge >= 0.3 is 5.97 Å². The molecule has 1 aromatic carbocycles. The van der Waals surface area contributed by atoms with Crippen molar-refractivity contribution in [1.29, 1.82) is 0 Å². The molecule has 4 N–H and O–H groups in total. The molecule has 0 aliphatic heterocycles. The highest BCUT2D eigenvalue weighted by Gasteiger charge is 2.24. The summed E-state index contributed by atoms with van der Waals surface area (Å²) in [6.07, 6.45) is -0.0157. The summed E-state index contributed by atoms with van der Waals surface area (Å²) in [5.74, 6) is -1.09. The molecule has 7 nitrogen and oxygen atoms in total. The number of aliphatic carboxylic acids is 1. The minimum absolute atomic E-state index is 0.0157. The smallest absolute Gasteiger partial charge is 0.322 e. The van der Waals surface area contributed by atoms with Crippen LogP contribution in [0.3, 0.4) is 0 Å². The first-order chi connectivity index (χ1) is 9.69. The number of carboxylic acids is 1. The molecular weight excluding hydrogens is 296 g/mol. The lowest BCUT2D eigenvalue weighted by Crippen LogP contribution is -2.48. The van der Waals surface area contributed by atoms with Crippen LogP contribution >= 0.6 is 0 Å². The van der Waals surface area contributed by atoms with E-state index < -0.39 is 22.2 Å². The number of benzene rings is 1. The van der Waals surface area contributed by atoms with Crippen LogP contribution in [0.1, 0.15) is 19.4 Å². The van der Waals surface area contributed by atoms with Gasteiger partial charge in [0.25, 0.3) is 10.2 Å². The molecule has 0 aromatic heterocycles. The van der Waals surface area contributed by atoms with E-state index in [4.69, 9.17) is 5.11 Å². The maximum atomic E-state index is 11.8. The molecule has 0 saturated heterocycles. The molecule has 21 heavy (non-hydrogen) atoms. The van der Waals surface area contributed by atoms with Crippen molar-refractivity contribution in [2.24, 2.45) is 5.92 Å². The lowest BCUT2D eigenvalue weighted by atomic mass is 10.1. The van der Waals surface area contributed by atoms with E-state index in [1.807, 2.05) is 13.8 Å². The van der Waals surface area contributed by atoms with Gasteiger partial charge in [0, 0.05) is 6.54 Å². The third kappa shape index (κ3) is 6.56. The van der Waals surface area contributed by atoms with Crippen LogP contribution in [0.15, 0.2) is 24.3 Å². The van der Waals surface area contributed by atoms with Crippen LogP contribution in [0.2, 0.25) is 0 Å². The second-order valence-corrected chi connectivity index (χ2v) is 6.66. The first-order valence-electron chi connectivity index (χ1n) is 6.47. The summed E-state index contributed by atoms with van der Waals surface area (Å²) in [6.45, 7) is 3.90. The van der Waals surface area contributed by atoms with Crippen LogP contribution in [0.5, 0.6) is 5.75 Å². The number of carbonyl (C=O) groups is 1. The summed E-state index contributed by atoms with van der Waals surface area (Å²) >= 11 is 0. The van der Waals surface area contributed by atoms with Crippen molar-refractivity contribution in [2.75, 3.05) is 6.54 Å². The van der Waals surface area contributed by atoms with Crippen LogP contribution in [-0.2, 0) is 21.4 Å². The Morgan fingerprint density at radius 2 is 1.81 bits per heavy atom. The minimum atomic E-state index is -3.88. The van der Waals surface area contributed by atoms with Gasteiger partial charge in [-0.25, -0.2) is 4.72 Å². The lowest BCUT2D eigenvalue weighted by molar-refractivity contribution is -0.138. The summed E-state index contributed by atoms with van der Waals surface area (Å²) in [5, 5.41) is 18.3. The summed E-state index contributed by atoms with van der Waals surface area (Å²) in [6, 6.07) is 4.64. The highest BCUT2D eigenvalue weighted by molar-refractivity contribution is 7.87. The van der Waals surface area contributed by atoms with Crippen molar-refractivity contribution < 1.29 is 23.4 Å². The van der Waals surface area contributed by atoms with Gasteiger partial charge in [0.15, 0.2) is 0 Å². The van der Waals surface area contributed by atoms with Crippen molar-refractivity contribution in [3.63, 3.8) is 0 Å². The first kappa shape index (κ1) is 17.4. The van der Waals surface area contributed by atoms with Crippen molar-refractivity contribution in [2.45, 2.75) is 26.3 Å². The van der Waals surface area contributed by atoms with E-state index in [-0.39, 0.29) is 24.6 Å². The summed E-state index contributed by atoms with van der Waals surface area (Å²) < 4.78 is 27.9. The Balaban J connectivity index is 2.74. The van der Waals surface area contributed by atoms with Gasteiger partial charge in [0.1, 0.15) is 11.8 Å². The highest BCUT2D eigenvalue weighted by atomic mass is 32.2. The Labute approximate surface area is 124 Å². The Morgan fingerprint density at radius 3 is 2.29 bits per heavy atom. The molecule has 1 aromatic rings. The van der Waals surface area contributed by atoms with Crippen LogP contribution < -0.4 is 9.44 Å². The topological polar surface area (TPSA) is 116 Å².